The summed E-state index contributed by atoms with van der Waals surface area (Å²) in [6.45, 7) is 22.3. The molecule has 0 radical (unpaired) electrons. The number of aliphatic hydroxyl groups excluding tert-OH is 1. The summed E-state index contributed by atoms with van der Waals surface area (Å²) < 4.78 is 18.6. The Balaban J connectivity index is 0.000000184. The Bertz CT molecular complexity index is 2300. The van der Waals surface area contributed by atoms with E-state index in [-0.39, 0.29) is 87.7 Å². The van der Waals surface area contributed by atoms with Crippen LogP contribution in [0.2, 0.25) is 0 Å². The van der Waals surface area contributed by atoms with Crippen molar-refractivity contribution >= 4 is 58.8 Å². The molecule has 0 aromatic heterocycles. The molecule has 10 aliphatic rings. The van der Waals surface area contributed by atoms with Gasteiger partial charge in [-0.15, -0.1) is 0 Å². The van der Waals surface area contributed by atoms with Crippen LogP contribution in [0.1, 0.15) is 145 Å². The van der Waals surface area contributed by atoms with Gasteiger partial charge in [-0.3, -0.25) is 29.8 Å². The van der Waals surface area contributed by atoms with E-state index in [1.807, 2.05) is 26.0 Å². The van der Waals surface area contributed by atoms with Crippen LogP contribution in [0.15, 0.2) is 23.2 Å². The maximum atomic E-state index is 14.3. The highest BCUT2D eigenvalue weighted by Crippen LogP contribution is 2.70. The number of carbonyl (C=O) groups excluding carboxylic acids is 6. The molecule has 4 aliphatic heterocycles. The number of alkyl carbamates (subject to hydrolysis) is 2. The van der Waals surface area contributed by atoms with Gasteiger partial charge in [0.15, 0.2) is 0 Å². The average molecular weight is 1080 g/mol. The van der Waals surface area contributed by atoms with Crippen LogP contribution in [0.25, 0.3) is 0 Å². The number of fused-ring (bicyclic) bond motifs is 4. The molecule has 0 aromatic rings. The number of imide groups is 2. The third-order valence-electron chi connectivity index (χ3n) is 23.7. The van der Waals surface area contributed by atoms with Crippen LogP contribution in [0.5, 0.6) is 0 Å². The first kappa shape index (κ1) is 56.8. The first-order valence-corrected chi connectivity index (χ1v) is 29.6. The number of ketones is 2. The van der Waals surface area contributed by atoms with Crippen LogP contribution < -0.4 is 10.6 Å². The van der Waals surface area contributed by atoms with E-state index in [0.29, 0.717) is 57.0 Å². The van der Waals surface area contributed by atoms with E-state index in [1.54, 1.807) is 7.11 Å². The van der Waals surface area contributed by atoms with Crippen LogP contribution in [0.4, 0.5) is 9.59 Å². The van der Waals surface area contributed by atoms with Gasteiger partial charge in [0.1, 0.15) is 23.8 Å². The van der Waals surface area contributed by atoms with Crippen molar-refractivity contribution in [3.05, 3.63) is 23.2 Å². The number of allylic oxidation sites excluding steroid dienone is 2. The molecule has 6 aliphatic carbocycles. The summed E-state index contributed by atoms with van der Waals surface area (Å²) in [5, 5.41) is 17.0. The van der Waals surface area contributed by atoms with Crippen LogP contribution in [0, 0.1) is 91.7 Å². The first-order valence-electron chi connectivity index (χ1n) is 28.7. The molecule has 8 bridgehead atoms. The van der Waals surface area contributed by atoms with E-state index in [2.05, 4.69) is 62.0 Å². The van der Waals surface area contributed by atoms with Crippen molar-refractivity contribution < 1.29 is 48.1 Å². The second kappa shape index (κ2) is 21.3. The zero-order chi connectivity index (χ0) is 54.2. The Morgan fingerprint density at radius 3 is 1.73 bits per heavy atom. The van der Waals surface area contributed by atoms with Gasteiger partial charge in [-0.05, 0) is 137 Å². The standard InChI is InChI=1S/C30H45ClN2O5.C29H43ClN2O5/c1-18-7-11-30-12-8-22(37-5)24(30)29(18,4)23(15-28(3,10-6-13-31)25(34)19(30)2)38-27(36)32-26(35)21-17-33-14-9-20(21)16-33;1-17-6-10-29-11-7-21(33)23(29)28(17,4)22(14-27(3,9-5-12-30)24(34)18(29)2)37-26(36)31-25(35)20-16-32-13-8-19(20)15-32/h6,13,18-24H,7-12,14-17H2,1-5H3,(H,32,35,36);5,12,17-20,22-24,34H,6-11,13-16H2,1-4H3,(H,31,35,36)/t18-,19+,20-,21+,22-,23-,24?,28-,29+,30?;17-,18+,19-,20+,22-,23?,24+,27-,28+,29?/m11/s1. The average Bonchev–Trinajstić information content (AvgIpc) is 4.27. The summed E-state index contributed by atoms with van der Waals surface area (Å²) >= 11 is 11.9. The first-order chi connectivity index (χ1) is 35.5. The Hall–Kier alpha value is -2.88. The van der Waals surface area contributed by atoms with E-state index in [1.165, 1.54) is 11.1 Å². The topological polar surface area (TPSA) is 181 Å². The molecule has 6 saturated carbocycles. The summed E-state index contributed by atoms with van der Waals surface area (Å²) in [5.74, 6) is 0.192. The number of ether oxygens (including phenoxy) is 3. The molecule has 75 heavy (non-hydrogen) atoms. The van der Waals surface area contributed by atoms with E-state index >= 15 is 0 Å². The summed E-state index contributed by atoms with van der Waals surface area (Å²) in [5.41, 5.74) is 0.0707. The lowest BCUT2D eigenvalue weighted by Crippen LogP contribution is -2.63. The van der Waals surface area contributed by atoms with Gasteiger partial charge in [0.05, 0.1) is 24.0 Å². The zero-order valence-corrected chi connectivity index (χ0v) is 47.8. The van der Waals surface area contributed by atoms with Gasteiger partial charge >= 0.3 is 12.2 Å². The third kappa shape index (κ3) is 9.50. The lowest BCUT2D eigenvalue weighted by molar-refractivity contribution is -0.197. The SMILES string of the molecule is CO[C@@H]1CCC23CC[C@@H](C)[C@](C)(C12)[C@H](OC(=O)NC(=O)[C@H]1CN2CC[C@@H]1C2)C[C@@](C)(CC=CCl)C(=O)[C@@H]3C.C[C@@H]1CCC23CCC(=O)C2[C@]1(C)[C@H](OC(=O)NC(=O)[C@H]1CN2CC[C@@H]1C2)C[C@@](C)(CC=CCl)[C@@H](O)[C@@H]3C. The third-order valence-corrected chi connectivity index (χ3v) is 24.0. The van der Waals surface area contributed by atoms with Crippen molar-refractivity contribution in [2.45, 2.75) is 170 Å². The smallest absolute Gasteiger partial charge is 0.414 e. The van der Waals surface area contributed by atoms with Crippen molar-refractivity contribution in [1.29, 1.82) is 0 Å². The minimum Gasteiger partial charge on any atom is -0.445 e. The number of hydrogen-bond acceptors (Lipinski definition) is 12. The van der Waals surface area contributed by atoms with Crippen LogP contribution in [0.3, 0.4) is 0 Å². The molecule has 4 amide bonds. The molecular formula is C59H88Cl2N4O10. The fourth-order valence-electron chi connectivity index (χ4n) is 18.9. The van der Waals surface area contributed by atoms with Gasteiger partial charge in [-0.1, -0.05) is 90.7 Å². The molecule has 16 heteroatoms. The van der Waals surface area contributed by atoms with Crippen LogP contribution in [-0.4, -0.2) is 121 Å². The number of nitrogens with zero attached hydrogens (tertiary/aromatic N) is 2. The molecule has 10 fully saturated rings. The van der Waals surface area contributed by atoms with Crippen LogP contribution in [-0.2, 0) is 33.4 Å². The minimum absolute atomic E-state index is 0.00368. The second-order valence-corrected chi connectivity index (χ2v) is 27.4. The Morgan fingerprint density at radius 1 is 0.693 bits per heavy atom. The van der Waals surface area contributed by atoms with Gasteiger partial charge in [0.2, 0.25) is 11.8 Å². The molecule has 6 unspecified atom stereocenters. The summed E-state index contributed by atoms with van der Waals surface area (Å²) in [6, 6.07) is 0. The van der Waals surface area contributed by atoms with E-state index in [9.17, 15) is 33.9 Å². The largest absolute Gasteiger partial charge is 0.445 e. The second-order valence-electron chi connectivity index (χ2n) is 26.9. The number of carbonyl (C=O) groups is 6. The normalized spacial score (nSPS) is 48.5. The number of methoxy groups -OCH3 is 1. The number of Topliss-reactive ketones (excluding diaryl/α,β-unsaturated/α-hetero) is 2. The highest BCUT2D eigenvalue weighted by Gasteiger charge is 2.70. The quantitative estimate of drug-likeness (QED) is 0.199. The molecule has 0 spiro atoms. The van der Waals surface area contributed by atoms with Gasteiger partial charge in [0, 0.05) is 90.2 Å². The molecule has 4 saturated heterocycles. The van der Waals surface area contributed by atoms with E-state index in [4.69, 9.17) is 37.4 Å². The fraction of sp³-hybridized carbons (Fsp3) is 0.831. The summed E-state index contributed by atoms with van der Waals surface area (Å²) in [7, 11) is 1.76. The summed E-state index contributed by atoms with van der Waals surface area (Å²) in [4.78, 5) is 85.1. The van der Waals surface area contributed by atoms with Crippen molar-refractivity contribution in [2.75, 3.05) is 46.4 Å². The summed E-state index contributed by atoms with van der Waals surface area (Å²) in [6.07, 6.45) is 11.0. The lowest BCUT2D eigenvalue weighted by atomic mass is 9.43. The Kier molecular flexibility index (Phi) is 16.1. The number of rotatable bonds is 9. The fourth-order valence-corrected chi connectivity index (χ4v) is 19.1. The van der Waals surface area contributed by atoms with Gasteiger partial charge < -0.3 is 29.1 Å². The highest BCUT2D eigenvalue weighted by molar-refractivity contribution is 6.25. The van der Waals surface area contributed by atoms with Crippen LogP contribution >= 0.6 is 23.2 Å². The number of halogens is 2. The Morgan fingerprint density at radius 2 is 1.21 bits per heavy atom. The molecule has 3 N–H and O–H groups in total. The number of amides is 4. The van der Waals surface area contributed by atoms with Gasteiger partial charge in [-0.2, -0.15) is 0 Å². The van der Waals surface area contributed by atoms with E-state index in [0.717, 1.165) is 84.0 Å². The molecule has 4 heterocycles. The maximum absolute atomic E-state index is 14.3. The van der Waals surface area contributed by atoms with E-state index < -0.39 is 52.2 Å². The highest BCUT2D eigenvalue weighted by atomic mass is 35.5. The molecule has 0 aromatic carbocycles. The molecular weight excluding hydrogens is 996 g/mol. The van der Waals surface area contributed by atoms with Crippen molar-refractivity contribution in [3.8, 4) is 0 Å². The van der Waals surface area contributed by atoms with Crippen molar-refractivity contribution in [2.24, 2.45) is 91.7 Å². The van der Waals surface area contributed by atoms with Crippen molar-refractivity contribution in [1.82, 2.24) is 20.4 Å². The molecule has 418 valence electrons. The molecule has 10 rings (SSSR count). The van der Waals surface area contributed by atoms with Gasteiger partial charge in [-0.25, -0.2) is 9.59 Å². The van der Waals surface area contributed by atoms with Gasteiger partial charge in [0.25, 0.3) is 0 Å². The Labute approximate surface area is 456 Å². The number of nitrogens with one attached hydrogen (secondary N) is 2. The number of aliphatic hydroxyl groups is 1. The number of hydrogen-bond donors (Lipinski definition) is 3. The zero-order valence-electron chi connectivity index (χ0n) is 46.3. The molecule has 14 nitrogen and oxygen atoms in total. The van der Waals surface area contributed by atoms with Crippen molar-refractivity contribution in [3.63, 3.8) is 0 Å². The minimum atomic E-state index is -0.737. The predicted octanol–water partition coefficient (Wildman–Crippen LogP) is 9.68. The lowest BCUT2D eigenvalue weighted by Gasteiger charge is -2.62. The number of piperidine rings is 2. The predicted molar refractivity (Wildman–Crippen MR) is 286 cm³/mol. The maximum Gasteiger partial charge on any atom is 0.414 e. The monoisotopic (exact) mass is 1080 g/mol. The molecule has 22 atom stereocenters.